The van der Waals surface area contributed by atoms with E-state index in [1.165, 1.54) is 38.2 Å². The van der Waals surface area contributed by atoms with Crippen molar-refractivity contribution in [2.24, 2.45) is 0 Å². The van der Waals surface area contributed by atoms with E-state index in [1.807, 2.05) is 6.07 Å². The van der Waals surface area contributed by atoms with Crippen LogP contribution >= 0.6 is 0 Å². The molecule has 2 aliphatic rings. The van der Waals surface area contributed by atoms with Crippen LogP contribution in [-0.4, -0.2) is 17.1 Å². The average molecular weight is 206 g/mol. The standard InChI is InChI=1S/C12H15FN2/c13-11-5-2-6-12(14-11)15-9-3-1-4-10(15)8-7-9/h2,5-6,9-10H,1,3-4,7-8H2. The van der Waals surface area contributed by atoms with Crippen LogP contribution in [0.5, 0.6) is 0 Å². The number of fused-ring (bicyclic) bond motifs is 2. The van der Waals surface area contributed by atoms with E-state index < -0.39 is 0 Å². The van der Waals surface area contributed by atoms with E-state index in [2.05, 4.69) is 9.88 Å². The summed E-state index contributed by atoms with van der Waals surface area (Å²) in [7, 11) is 0. The summed E-state index contributed by atoms with van der Waals surface area (Å²) >= 11 is 0. The number of halogens is 1. The summed E-state index contributed by atoms with van der Waals surface area (Å²) in [6, 6.07) is 6.32. The van der Waals surface area contributed by atoms with Crippen LogP contribution < -0.4 is 4.90 Å². The molecule has 15 heavy (non-hydrogen) atoms. The van der Waals surface area contributed by atoms with Crippen LogP contribution in [0.1, 0.15) is 32.1 Å². The topological polar surface area (TPSA) is 16.1 Å². The number of piperidine rings is 1. The average Bonchev–Trinajstić information content (AvgIpc) is 2.49. The van der Waals surface area contributed by atoms with Crippen LogP contribution in [-0.2, 0) is 0 Å². The summed E-state index contributed by atoms with van der Waals surface area (Å²) in [4.78, 5) is 6.34. The molecule has 2 aliphatic heterocycles. The molecule has 2 saturated heterocycles. The third-order valence-corrected chi connectivity index (χ3v) is 3.66. The lowest BCUT2D eigenvalue weighted by Crippen LogP contribution is -2.40. The maximum absolute atomic E-state index is 13.1. The fourth-order valence-corrected chi connectivity index (χ4v) is 3.03. The number of pyridine rings is 1. The molecule has 80 valence electrons. The van der Waals surface area contributed by atoms with Gasteiger partial charge in [-0.3, -0.25) is 0 Å². The van der Waals surface area contributed by atoms with Gasteiger partial charge in [0.15, 0.2) is 0 Å². The normalized spacial score (nSPS) is 29.5. The van der Waals surface area contributed by atoms with Crippen LogP contribution in [0.2, 0.25) is 0 Å². The van der Waals surface area contributed by atoms with Crippen molar-refractivity contribution in [2.45, 2.75) is 44.2 Å². The minimum Gasteiger partial charge on any atom is -0.351 e. The van der Waals surface area contributed by atoms with E-state index in [4.69, 9.17) is 0 Å². The maximum atomic E-state index is 13.1. The molecule has 0 saturated carbocycles. The zero-order chi connectivity index (χ0) is 10.3. The van der Waals surface area contributed by atoms with Crippen LogP contribution in [0.15, 0.2) is 18.2 Å². The fourth-order valence-electron chi connectivity index (χ4n) is 3.03. The van der Waals surface area contributed by atoms with Gasteiger partial charge in [0, 0.05) is 12.1 Å². The summed E-state index contributed by atoms with van der Waals surface area (Å²) in [6.45, 7) is 0. The van der Waals surface area contributed by atoms with Crippen molar-refractivity contribution in [3.63, 3.8) is 0 Å². The van der Waals surface area contributed by atoms with Crippen molar-refractivity contribution in [1.82, 2.24) is 4.98 Å². The molecule has 1 aromatic heterocycles. The Labute approximate surface area is 89.1 Å². The van der Waals surface area contributed by atoms with Gasteiger partial charge < -0.3 is 4.90 Å². The highest BCUT2D eigenvalue weighted by atomic mass is 19.1. The Balaban J connectivity index is 1.93. The van der Waals surface area contributed by atoms with Gasteiger partial charge in [-0.15, -0.1) is 0 Å². The quantitative estimate of drug-likeness (QED) is 0.657. The predicted molar refractivity (Wildman–Crippen MR) is 57.3 cm³/mol. The van der Waals surface area contributed by atoms with Gasteiger partial charge in [0.2, 0.25) is 5.95 Å². The molecule has 3 heterocycles. The number of hydrogen-bond acceptors (Lipinski definition) is 2. The molecular weight excluding hydrogens is 191 g/mol. The molecule has 2 fully saturated rings. The highest BCUT2D eigenvalue weighted by molar-refractivity contribution is 5.43. The highest BCUT2D eigenvalue weighted by Gasteiger charge is 2.37. The third-order valence-electron chi connectivity index (χ3n) is 3.66. The van der Waals surface area contributed by atoms with Crippen molar-refractivity contribution < 1.29 is 4.39 Å². The molecule has 0 radical (unpaired) electrons. The molecule has 3 heteroatoms. The van der Waals surface area contributed by atoms with Crippen molar-refractivity contribution in [1.29, 1.82) is 0 Å². The van der Waals surface area contributed by atoms with Crippen molar-refractivity contribution in [3.05, 3.63) is 24.1 Å². The van der Waals surface area contributed by atoms with Gasteiger partial charge in [0.25, 0.3) is 0 Å². The van der Waals surface area contributed by atoms with Gasteiger partial charge in [-0.1, -0.05) is 6.07 Å². The number of rotatable bonds is 1. The van der Waals surface area contributed by atoms with E-state index in [0.29, 0.717) is 12.1 Å². The van der Waals surface area contributed by atoms with Gasteiger partial charge >= 0.3 is 0 Å². The Morgan fingerprint density at radius 2 is 1.87 bits per heavy atom. The van der Waals surface area contributed by atoms with Gasteiger partial charge in [0.1, 0.15) is 5.82 Å². The fraction of sp³-hybridized carbons (Fsp3) is 0.583. The Bertz CT molecular complexity index is 350. The summed E-state index contributed by atoms with van der Waals surface area (Å²) in [5.74, 6) is 0.472. The molecule has 3 rings (SSSR count). The lowest BCUT2D eigenvalue weighted by atomic mass is 10.0. The first-order chi connectivity index (χ1) is 7.34. The molecule has 2 atom stereocenters. The third kappa shape index (κ3) is 1.50. The van der Waals surface area contributed by atoms with E-state index in [0.717, 1.165) is 5.82 Å². The molecule has 0 N–H and O–H groups in total. The second-order valence-corrected chi connectivity index (χ2v) is 4.54. The molecular formula is C12H15FN2. The smallest absolute Gasteiger partial charge is 0.214 e. The SMILES string of the molecule is Fc1cccc(N2C3CCCC2CC3)n1. The molecule has 2 bridgehead atoms. The summed E-state index contributed by atoms with van der Waals surface area (Å²) in [5.41, 5.74) is 0. The van der Waals surface area contributed by atoms with E-state index in [1.54, 1.807) is 6.07 Å². The predicted octanol–water partition coefficient (Wildman–Crippen LogP) is 2.74. The Morgan fingerprint density at radius 1 is 1.13 bits per heavy atom. The maximum Gasteiger partial charge on any atom is 0.214 e. The molecule has 1 aromatic rings. The van der Waals surface area contributed by atoms with E-state index in [-0.39, 0.29) is 5.95 Å². The zero-order valence-electron chi connectivity index (χ0n) is 8.69. The molecule has 0 aliphatic carbocycles. The summed E-state index contributed by atoms with van der Waals surface area (Å²) in [6.07, 6.45) is 6.32. The van der Waals surface area contributed by atoms with Crippen LogP contribution in [0.25, 0.3) is 0 Å². The van der Waals surface area contributed by atoms with Crippen LogP contribution in [0, 0.1) is 5.95 Å². The summed E-state index contributed by atoms with van der Waals surface area (Å²) in [5, 5.41) is 0. The first-order valence-electron chi connectivity index (χ1n) is 5.75. The van der Waals surface area contributed by atoms with Gasteiger partial charge in [-0.25, -0.2) is 4.98 Å². The first kappa shape index (κ1) is 9.13. The highest BCUT2D eigenvalue weighted by Crippen LogP contribution is 2.38. The second-order valence-electron chi connectivity index (χ2n) is 4.54. The van der Waals surface area contributed by atoms with Crippen molar-refractivity contribution in [3.8, 4) is 0 Å². The van der Waals surface area contributed by atoms with Crippen LogP contribution in [0.3, 0.4) is 0 Å². The lowest BCUT2D eigenvalue weighted by Gasteiger charge is -2.35. The largest absolute Gasteiger partial charge is 0.351 e. The molecule has 0 amide bonds. The Morgan fingerprint density at radius 3 is 2.53 bits per heavy atom. The number of nitrogens with zero attached hydrogens (tertiary/aromatic N) is 2. The van der Waals surface area contributed by atoms with Gasteiger partial charge in [0.05, 0.1) is 0 Å². The van der Waals surface area contributed by atoms with E-state index >= 15 is 0 Å². The molecule has 2 unspecified atom stereocenters. The van der Waals surface area contributed by atoms with Gasteiger partial charge in [-0.2, -0.15) is 4.39 Å². The van der Waals surface area contributed by atoms with Crippen molar-refractivity contribution in [2.75, 3.05) is 4.90 Å². The second kappa shape index (κ2) is 3.47. The van der Waals surface area contributed by atoms with Gasteiger partial charge in [-0.05, 0) is 44.2 Å². The number of aromatic nitrogens is 1. The van der Waals surface area contributed by atoms with Crippen LogP contribution in [0.4, 0.5) is 10.2 Å². The molecule has 2 nitrogen and oxygen atoms in total. The lowest BCUT2D eigenvalue weighted by molar-refractivity contribution is 0.460. The number of hydrogen-bond donors (Lipinski definition) is 0. The Kier molecular flexibility index (Phi) is 2.11. The number of anilines is 1. The van der Waals surface area contributed by atoms with Crippen molar-refractivity contribution >= 4 is 5.82 Å². The molecule has 0 spiro atoms. The first-order valence-corrected chi connectivity index (χ1v) is 5.75. The van der Waals surface area contributed by atoms with E-state index in [9.17, 15) is 4.39 Å². The monoisotopic (exact) mass is 206 g/mol. The minimum absolute atomic E-state index is 0.363. The molecule has 0 aromatic carbocycles. The summed E-state index contributed by atoms with van der Waals surface area (Å²) < 4.78 is 13.1. The Hall–Kier alpha value is -1.12. The minimum atomic E-state index is -0.363. The zero-order valence-corrected chi connectivity index (χ0v) is 8.69.